The summed E-state index contributed by atoms with van der Waals surface area (Å²) in [5.74, 6) is 0. The van der Waals surface area contributed by atoms with Crippen molar-refractivity contribution in [2.45, 2.75) is 37.4 Å². The fourth-order valence-corrected chi connectivity index (χ4v) is 2.45. The molecule has 1 unspecified atom stereocenters. The molecule has 0 heterocycles. The highest BCUT2D eigenvalue weighted by Crippen LogP contribution is 2.31. The molecular formula is C14H19Br. The van der Waals surface area contributed by atoms with Crippen molar-refractivity contribution >= 4 is 22.0 Å². The second-order valence-corrected chi connectivity index (χ2v) is 4.90. The molecule has 1 heteroatoms. The number of unbranched alkanes of at least 4 members (excludes halogenated alkanes) is 2. The molecule has 0 aliphatic carbocycles. The topological polar surface area (TPSA) is 0 Å². The quantitative estimate of drug-likeness (QED) is 0.481. The first-order valence-electron chi connectivity index (χ1n) is 5.65. The summed E-state index contributed by atoms with van der Waals surface area (Å²) in [5, 5.41) is 0. The van der Waals surface area contributed by atoms with Crippen LogP contribution in [0.15, 0.2) is 30.8 Å². The van der Waals surface area contributed by atoms with Gasteiger partial charge < -0.3 is 0 Å². The minimum absolute atomic E-state index is 0.471. The minimum atomic E-state index is 0.471. The van der Waals surface area contributed by atoms with Gasteiger partial charge in [-0.3, -0.25) is 0 Å². The lowest BCUT2D eigenvalue weighted by molar-refractivity contribution is 0.663. The van der Waals surface area contributed by atoms with Crippen LogP contribution in [0.5, 0.6) is 0 Å². The maximum atomic E-state index is 3.85. The van der Waals surface area contributed by atoms with E-state index in [1.54, 1.807) is 0 Å². The second-order valence-electron chi connectivity index (χ2n) is 3.80. The standard InChI is InChI=1S/C14H19Br/c1-3-5-6-11-14(15)13-10-8-7-9-12(13)4-2/h4,7-10,14H,2-3,5-6,11H2,1H3. The summed E-state index contributed by atoms with van der Waals surface area (Å²) in [6.45, 7) is 6.09. The van der Waals surface area contributed by atoms with Crippen LogP contribution in [0.3, 0.4) is 0 Å². The van der Waals surface area contributed by atoms with E-state index in [4.69, 9.17) is 0 Å². The van der Waals surface area contributed by atoms with Gasteiger partial charge in [-0.15, -0.1) is 0 Å². The molecule has 1 atom stereocenters. The van der Waals surface area contributed by atoms with Crippen molar-refractivity contribution in [3.63, 3.8) is 0 Å². The predicted molar refractivity (Wildman–Crippen MR) is 72.3 cm³/mol. The van der Waals surface area contributed by atoms with Crippen LogP contribution in [-0.2, 0) is 0 Å². The first-order chi connectivity index (χ1) is 7.29. The van der Waals surface area contributed by atoms with Gasteiger partial charge in [0.05, 0.1) is 0 Å². The van der Waals surface area contributed by atoms with E-state index in [1.165, 1.54) is 36.8 Å². The van der Waals surface area contributed by atoms with Gasteiger partial charge in [0, 0.05) is 4.83 Å². The summed E-state index contributed by atoms with van der Waals surface area (Å²) < 4.78 is 0. The number of benzene rings is 1. The summed E-state index contributed by atoms with van der Waals surface area (Å²) >= 11 is 3.76. The van der Waals surface area contributed by atoms with Gasteiger partial charge in [-0.1, -0.05) is 79.0 Å². The Labute approximate surface area is 102 Å². The van der Waals surface area contributed by atoms with Crippen molar-refractivity contribution in [3.05, 3.63) is 42.0 Å². The largest absolute Gasteiger partial charge is 0.0985 e. The van der Waals surface area contributed by atoms with E-state index in [-0.39, 0.29) is 0 Å². The van der Waals surface area contributed by atoms with E-state index >= 15 is 0 Å². The third-order valence-electron chi connectivity index (χ3n) is 2.61. The number of hydrogen-bond acceptors (Lipinski definition) is 0. The molecule has 0 bridgehead atoms. The van der Waals surface area contributed by atoms with Gasteiger partial charge in [0.2, 0.25) is 0 Å². The Morgan fingerprint density at radius 1 is 1.33 bits per heavy atom. The number of halogens is 1. The summed E-state index contributed by atoms with van der Waals surface area (Å²) in [6.07, 6.45) is 7.03. The fraction of sp³-hybridized carbons (Fsp3) is 0.429. The Kier molecular flexibility index (Phi) is 5.70. The normalized spacial score (nSPS) is 12.4. The van der Waals surface area contributed by atoms with Crippen molar-refractivity contribution < 1.29 is 0 Å². The van der Waals surface area contributed by atoms with Crippen LogP contribution in [0.1, 0.15) is 48.6 Å². The SMILES string of the molecule is C=Cc1ccccc1C(Br)CCCCC. The van der Waals surface area contributed by atoms with Gasteiger partial charge in [-0.25, -0.2) is 0 Å². The molecule has 0 saturated heterocycles. The molecule has 0 radical (unpaired) electrons. The highest BCUT2D eigenvalue weighted by Gasteiger charge is 2.09. The average molecular weight is 267 g/mol. The van der Waals surface area contributed by atoms with Crippen molar-refractivity contribution in [1.29, 1.82) is 0 Å². The summed E-state index contributed by atoms with van der Waals surface area (Å²) in [4.78, 5) is 0.471. The number of alkyl halides is 1. The van der Waals surface area contributed by atoms with E-state index in [0.29, 0.717) is 4.83 Å². The summed E-state index contributed by atoms with van der Waals surface area (Å²) in [5.41, 5.74) is 2.61. The van der Waals surface area contributed by atoms with E-state index < -0.39 is 0 Å². The summed E-state index contributed by atoms with van der Waals surface area (Å²) in [6, 6.07) is 8.46. The molecule has 0 saturated carbocycles. The Morgan fingerprint density at radius 2 is 2.07 bits per heavy atom. The lowest BCUT2D eigenvalue weighted by Crippen LogP contribution is -1.93. The molecule has 0 aliphatic heterocycles. The smallest absolute Gasteiger partial charge is 0.0401 e. The molecule has 1 aromatic rings. The van der Waals surface area contributed by atoms with Crippen LogP contribution >= 0.6 is 15.9 Å². The van der Waals surface area contributed by atoms with Crippen molar-refractivity contribution in [3.8, 4) is 0 Å². The highest BCUT2D eigenvalue weighted by molar-refractivity contribution is 9.09. The zero-order valence-electron chi connectivity index (χ0n) is 9.38. The monoisotopic (exact) mass is 266 g/mol. The van der Waals surface area contributed by atoms with Crippen LogP contribution in [0.25, 0.3) is 6.08 Å². The maximum Gasteiger partial charge on any atom is 0.0401 e. The van der Waals surface area contributed by atoms with Crippen LogP contribution in [0.4, 0.5) is 0 Å². The molecule has 1 aromatic carbocycles. The first-order valence-corrected chi connectivity index (χ1v) is 6.56. The van der Waals surface area contributed by atoms with Crippen molar-refractivity contribution in [2.24, 2.45) is 0 Å². The van der Waals surface area contributed by atoms with E-state index in [2.05, 4.69) is 53.7 Å². The van der Waals surface area contributed by atoms with Crippen LogP contribution < -0.4 is 0 Å². The van der Waals surface area contributed by atoms with Gasteiger partial charge in [0.25, 0.3) is 0 Å². The van der Waals surface area contributed by atoms with Gasteiger partial charge >= 0.3 is 0 Å². The molecule has 0 amide bonds. The highest BCUT2D eigenvalue weighted by atomic mass is 79.9. The molecular weight excluding hydrogens is 248 g/mol. The summed E-state index contributed by atoms with van der Waals surface area (Å²) in [7, 11) is 0. The lowest BCUT2D eigenvalue weighted by atomic mass is 10.0. The Balaban J connectivity index is 2.63. The van der Waals surface area contributed by atoms with Gasteiger partial charge in [0.15, 0.2) is 0 Å². The van der Waals surface area contributed by atoms with Crippen LogP contribution in [0.2, 0.25) is 0 Å². The Bertz CT molecular complexity index is 304. The van der Waals surface area contributed by atoms with E-state index in [1.807, 2.05) is 6.08 Å². The molecule has 0 nitrogen and oxygen atoms in total. The Hall–Kier alpha value is -0.560. The molecule has 0 spiro atoms. The molecule has 1 rings (SSSR count). The number of hydrogen-bond donors (Lipinski definition) is 0. The zero-order valence-corrected chi connectivity index (χ0v) is 11.0. The van der Waals surface area contributed by atoms with E-state index in [0.717, 1.165) is 0 Å². The molecule has 15 heavy (non-hydrogen) atoms. The molecule has 0 aliphatic rings. The van der Waals surface area contributed by atoms with Gasteiger partial charge in [-0.05, 0) is 17.5 Å². The van der Waals surface area contributed by atoms with Gasteiger partial charge in [0.1, 0.15) is 0 Å². The molecule has 0 fully saturated rings. The third-order valence-corrected chi connectivity index (χ3v) is 3.57. The van der Waals surface area contributed by atoms with Crippen LogP contribution in [0, 0.1) is 0 Å². The molecule has 0 N–H and O–H groups in total. The predicted octanol–water partition coefficient (Wildman–Crippen LogP) is 5.35. The second kappa shape index (κ2) is 6.84. The maximum absolute atomic E-state index is 3.85. The molecule has 0 aromatic heterocycles. The first kappa shape index (κ1) is 12.5. The van der Waals surface area contributed by atoms with Crippen molar-refractivity contribution in [2.75, 3.05) is 0 Å². The van der Waals surface area contributed by atoms with E-state index in [9.17, 15) is 0 Å². The minimum Gasteiger partial charge on any atom is -0.0985 e. The third kappa shape index (κ3) is 3.83. The lowest BCUT2D eigenvalue weighted by Gasteiger charge is -2.12. The van der Waals surface area contributed by atoms with Gasteiger partial charge in [-0.2, -0.15) is 0 Å². The zero-order chi connectivity index (χ0) is 11.1. The van der Waals surface area contributed by atoms with Crippen molar-refractivity contribution in [1.82, 2.24) is 0 Å². The fourth-order valence-electron chi connectivity index (χ4n) is 1.71. The average Bonchev–Trinajstić information content (AvgIpc) is 2.29. The number of rotatable bonds is 6. The van der Waals surface area contributed by atoms with Crippen LogP contribution in [-0.4, -0.2) is 0 Å². The Morgan fingerprint density at radius 3 is 2.73 bits per heavy atom. The molecule has 82 valence electrons.